The van der Waals surface area contributed by atoms with Crippen molar-refractivity contribution in [2.24, 2.45) is 5.10 Å². The summed E-state index contributed by atoms with van der Waals surface area (Å²) in [6.45, 7) is 0.152. The molecule has 0 aliphatic rings. The second-order valence-electron chi connectivity index (χ2n) is 10.2. The summed E-state index contributed by atoms with van der Waals surface area (Å²) in [5.41, 5.74) is 1.66. The summed E-state index contributed by atoms with van der Waals surface area (Å²) in [6, 6.07) is 32.3. The number of nitro benzene ring substituents is 1. The van der Waals surface area contributed by atoms with Crippen LogP contribution in [0.15, 0.2) is 124 Å². The molecule has 5 aromatic carbocycles. The van der Waals surface area contributed by atoms with E-state index in [1.807, 2.05) is 48.5 Å². The highest BCUT2D eigenvalue weighted by atomic mass is 16.6. The maximum absolute atomic E-state index is 13.6. The first-order chi connectivity index (χ1) is 22.0. The average molecular weight is 597 g/mol. The molecule has 2 heterocycles. The summed E-state index contributed by atoms with van der Waals surface area (Å²) >= 11 is 0. The van der Waals surface area contributed by atoms with Crippen molar-refractivity contribution < 1.29 is 18.8 Å². The number of ether oxygens (including phenoxy) is 2. The number of rotatable bonds is 8. The maximum Gasteiger partial charge on any atom is 0.311 e. The normalized spacial score (nSPS) is 11.5. The fourth-order valence-electron chi connectivity index (χ4n) is 5.29. The SMILES string of the molecule is COc1cccc2oc(-c3nc4ccccc4c(=O)n3N=Cc3ccc(OCc4cccc5ccccc45)c([N+](=O)[O-])c3)cc12. The van der Waals surface area contributed by atoms with Crippen LogP contribution >= 0.6 is 0 Å². The number of hydrogen-bond acceptors (Lipinski definition) is 8. The summed E-state index contributed by atoms with van der Waals surface area (Å²) in [4.78, 5) is 29.9. The molecule has 0 amide bonds. The number of methoxy groups -OCH3 is 1. The second-order valence-corrected chi connectivity index (χ2v) is 10.2. The summed E-state index contributed by atoms with van der Waals surface area (Å²) in [6.07, 6.45) is 1.37. The van der Waals surface area contributed by atoms with Crippen LogP contribution in [0.1, 0.15) is 11.1 Å². The summed E-state index contributed by atoms with van der Waals surface area (Å²) < 4.78 is 18.6. The Balaban J connectivity index is 1.26. The van der Waals surface area contributed by atoms with Crippen molar-refractivity contribution in [2.75, 3.05) is 7.11 Å². The van der Waals surface area contributed by atoms with Gasteiger partial charge in [0.25, 0.3) is 5.56 Å². The van der Waals surface area contributed by atoms with Crippen LogP contribution in [0, 0.1) is 10.1 Å². The Kier molecular flexibility index (Phi) is 6.99. The lowest BCUT2D eigenvalue weighted by molar-refractivity contribution is -0.385. The van der Waals surface area contributed by atoms with Gasteiger partial charge in [-0.05, 0) is 58.8 Å². The third-order valence-corrected chi connectivity index (χ3v) is 7.48. The molecular formula is C35H24N4O6. The number of fused-ring (bicyclic) bond motifs is 3. The van der Waals surface area contributed by atoms with Gasteiger partial charge in [0.2, 0.25) is 5.82 Å². The Morgan fingerprint density at radius 3 is 2.51 bits per heavy atom. The van der Waals surface area contributed by atoms with Crippen molar-refractivity contribution in [3.8, 4) is 23.1 Å². The van der Waals surface area contributed by atoms with Gasteiger partial charge in [-0.15, -0.1) is 0 Å². The molecule has 0 aliphatic carbocycles. The van der Waals surface area contributed by atoms with Crippen molar-refractivity contribution in [1.82, 2.24) is 9.66 Å². The van der Waals surface area contributed by atoms with Gasteiger partial charge in [-0.25, -0.2) is 4.98 Å². The predicted octanol–water partition coefficient (Wildman–Crippen LogP) is 7.34. The van der Waals surface area contributed by atoms with Crippen LogP contribution in [-0.4, -0.2) is 27.9 Å². The highest BCUT2D eigenvalue weighted by Crippen LogP contribution is 2.33. The monoisotopic (exact) mass is 596 g/mol. The zero-order chi connectivity index (χ0) is 30.9. The van der Waals surface area contributed by atoms with Crippen molar-refractivity contribution in [3.05, 3.63) is 141 Å². The third-order valence-electron chi connectivity index (χ3n) is 7.48. The summed E-state index contributed by atoms with van der Waals surface area (Å²) in [5, 5.41) is 19.6. The van der Waals surface area contributed by atoms with Gasteiger partial charge in [0.15, 0.2) is 11.5 Å². The van der Waals surface area contributed by atoms with Crippen molar-refractivity contribution in [1.29, 1.82) is 0 Å². The Morgan fingerprint density at radius 1 is 0.889 bits per heavy atom. The van der Waals surface area contributed by atoms with E-state index < -0.39 is 10.5 Å². The Morgan fingerprint density at radius 2 is 1.67 bits per heavy atom. The van der Waals surface area contributed by atoms with Gasteiger partial charge in [0, 0.05) is 11.6 Å². The molecule has 0 unspecified atom stereocenters. The van der Waals surface area contributed by atoms with Crippen molar-refractivity contribution in [2.45, 2.75) is 6.61 Å². The van der Waals surface area contributed by atoms with Gasteiger partial charge in [0.05, 0.1) is 34.5 Å². The molecular weight excluding hydrogens is 572 g/mol. The molecule has 0 saturated carbocycles. The topological polar surface area (TPSA) is 122 Å². The van der Waals surface area contributed by atoms with Crippen LogP contribution in [0.2, 0.25) is 0 Å². The molecule has 0 N–H and O–H groups in total. The van der Waals surface area contributed by atoms with Crippen LogP contribution < -0.4 is 15.0 Å². The Hall–Kier alpha value is -6.29. The first-order valence-corrected chi connectivity index (χ1v) is 14.0. The van der Waals surface area contributed by atoms with E-state index in [1.54, 1.807) is 55.6 Å². The largest absolute Gasteiger partial charge is 0.496 e. The number of para-hydroxylation sites is 1. The van der Waals surface area contributed by atoms with E-state index in [1.165, 1.54) is 18.3 Å². The zero-order valence-electron chi connectivity index (χ0n) is 23.9. The second kappa shape index (κ2) is 11.4. The highest BCUT2D eigenvalue weighted by Gasteiger charge is 2.19. The number of nitro groups is 1. The molecule has 7 rings (SSSR count). The number of nitrogens with zero attached hydrogens (tertiary/aromatic N) is 4. The Bertz CT molecular complexity index is 2330. The van der Waals surface area contributed by atoms with Crippen LogP contribution in [-0.2, 0) is 6.61 Å². The summed E-state index contributed by atoms with van der Waals surface area (Å²) in [7, 11) is 1.56. The van der Waals surface area contributed by atoms with E-state index in [0.717, 1.165) is 21.0 Å². The molecule has 7 aromatic rings. The van der Waals surface area contributed by atoms with Gasteiger partial charge in [-0.1, -0.05) is 60.7 Å². The first kappa shape index (κ1) is 27.5. The summed E-state index contributed by atoms with van der Waals surface area (Å²) in [5.74, 6) is 1.19. The van der Waals surface area contributed by atoms with Crippen molar-refractivity contribution in [3.63, 3.8) is 0 Å². The average Bonchev–Trinajstić information content (AvgIpc) is 3.51. The molecule has 45 heavy (non-hydrogen) atoms. The predicted molar refractivity (Wildman–Crippen MR) is 172 cm³/mol. The molecule has 0 aliphatic heterocycles. The molecule has 0 fully saturated rings. The van der Waals surface area contributed by atoms with Gasteiger partial charge < -0.3 is 13.9 Å². The smallest absolute Gasteiger partial charge is 0.311 e. The molecule has 0 atom stereocenters. The number of aromatic nitrogens is 2. The lowest BCUT2D eigenvalue weighted by Gasteiger charge is -2.10. The standard InChI is InChI=1S/C35H24N4O6/c1-43-30-14-7-15-31-27(30)19-33(45-31)34-37-28-13-5-4-12-26(28)35(40)38(34)36-20-22-16-17-32(29(18-22)39(41)42)44-21-24-10-6-9-23-8-2-3-11-25(23)24/h2-20H,21H2,1H3. The zero-order valence-corrected chi connectivity index (χ0v) is 23.9. The van der Waals surface area contributed by atoms with E-state index in [2.05, 4.69) is 5.10 Å². The fourth-order valence-corrected chi connectivity index (χ4v) is 5.29. The molecule has 0 radical (unpaired) electrons. The van der Waals surface area contributed by atoms with E-state index in [0.29, 0.717) is 38.9 Å². The van der Waals surface area contributed by atoms with Gasteiger partial charge in [-0.3, -0.25) is 14.9 Å². The van der Waals surface area contributed by atoms with Crippen LogP contribution in [0.25, 0.3) is 44.2 Å². The molecule has 10 nitrogen and oxygen atoms in total. The van der Waals surface area contributed by atoms with Crippen LogP contribution in [0.4, 0.5) is 5.69 Å². The van der Waals surface area contributed by atoms with E-state index in [9.17, 15) is 14.9 Å². The lowest BCUT2D eigenvalue weighted by atomic mass is 10.1. The Labute approximate surface area is 255 Å². The van der Waals surface area contributed by atoms with Gasteiger partial charge in [-0.2, -0.15) is 9.78 Å². The molecule has 220 valence electrons. The highest BCUT2D eigenvalue weighted by molar-refractivity contribution is 5.89. The molecule has 2 aromatic heterocycles. The molecule has 0 spiro atoms. The van der Waals surface area contributed by atoms with Crippen molar-refractivity contribution >= 4 is 44.5 Å². The van der Waals surface area contributed by atoms with E-state index in [4.69, 9.17) is 18.9 Å². The maximum atomic E-state index is 13.6. The van der Waals surface area contributed by atoms with Gasteiger partial charge in [0.1, 0.15) is 17.9 Å². The molecule has 10 heteroatoms. The van der Waals surface area contributed by atoms with Crippen LogP contribution in [0.5, 0.6) is 11.5 Å². The first-order valence-electron chi connectivity index (χ1n) is 14.0. The minimum Gasteiger partial charge on any atom is -0.496 e. The van der Waals surface area contributed by atoms with E-state index in [-0.39, 0.29) is 23.9 Å². The molecule has 0 bridgehead atoms. The number of hydrogen-bond donors (Lipinski definition) is 0. The van der Waals surface area contributed by atoms with Crippen LogP contribution in [0.3, 0.4) is 0 Å². The minimum absolute atomic E-state index is 0.117. The minimum atomic E-state index is -0.507. The molecule has 0 saturated heterocycles. The van der Waals surface area contributed by atoms with E-state index >= 15 is 0 Å². The lowest BCUT2D eigenvalue weighted by Crippen LogP contribution is -2.20. The number of furan rings is 1. The quantitative estimate of drug-likeness (QED) is 0.102. The fraction of sp³-hybridized carbons (Fsp3) is 0.0571. The van der Waals surface area contributed by atoms with Gasteiger partial charge >= 0.3 is 5.69 Å². The third kappa shape index (κ3) is 5.14. The number of benzene rings is 5.